The van der Waals surface area contributed by atoms with E-state index in [1.165, 1.54) is 0 Å². The summed E-state index contributed by atoms with van der Waals surface area (Å²) in [5, 5.41) is 11.8. The van der Waals surface area contributed by atoms with Crippen molar-refractivity contribution in [1.82, 2.24) is 20.0 Å². The highest BCUT2D eigenvalue weighted by molar-refractivity contribution is 6.31. The van der Waals surface area contributed by atoms with Crippen LogP contribution in [-0.4, -0.2) is 114 Å². The van der Waals surface area contributed by atoms with Crippen molar-refractivity contribution in [3.63, 3.8) is 0 Å². The molecule has 8 rings (SSSR count). The maximum Gasteiger partial charge on any atom is 0.262 e. The molecule has 0 aliphatic carbocycles. The van der Waals surface area contributed by atoms with Crippen LogP contribution >= 0.6 is 11.6 Å². The molecule has 5 amide bonds. The van der Waals surface area contributed by atoms with E-state index in [9.17, 15) is 29.2 Å². The molecule has 4 fully saturated rings. The lowest BCUT2D eigenvalue weighted by Gasteiger charge is -2.40. The minimum atomic E-state index is -0.973. The molecular formula is C45H50ClN7O6. The molecular weight excluding hydrogens is 770 g/mol. The summed E-state index contributed by atoms with van der Waals surface area (Å²) in [6, 6.07) is 19.8. The number of nitrogens with one attached hydrogen (secondary N) is 1. The van der Waals surface area contributed by atoms with Gasteiger partial charge in [-0.1, -0.05) is 11.6 Å². The quantitative estimate of drug-likeness (QED) is 0.260. The molecule has 308 valence electrons. The first kappa shape index (κ1) is 40.3. The lowest BCUT2D eigenvalue weighted by molar-refractivity contribution is -0.136. The van der Waals surface area contributed by atoms with Crippen LogP contribution in [0.1, 0.15) is 95.4 Å². The molecule has 13 nitrogen and oxygen atoms in total. The molecule has 59 heavy (non-hydrogen) atoms. The number of rotatable bonds is 10. The second-order valence-corrected chi connectivity index (χ2v) is 17.1. The van der Waals surface area contributed by atoms with Crippen molar-refractivity contribution >= 4 is 52.5 Å². The molecule has 0 saturated carbocycles. The smallest absolute Gasteiger partial charge is 0.262 e. The third-order valence-electron chi connectivity index (χ3n) is 12.8. The van der Waals surface area contributed by atoms with Crippen LogP contribution in [0.4, 0.5) is 11.4 Å². The molecule has 0 spiro atoms. The molecule has 5 heterocycles. The predicted molar refractivity (Wildman–Crippen MR) is 223 cm³/mol. The third-order valence-corrected chi connectivity index (χ3v) is 13.1. The standard InChI is InChI=1S/C45H50ClN7O6/c1-28-3-7-35(23-29(2)59-36-11-6-32(26-47)39(46)25-36)52(28)43(56)31-4-8-33(9-5-31)50-17-15-30(16-18-50)27-49-19-21-51(22-20-49)34-10-12-37-38(24-34)45(58)53(44(37)57)40-13-14-41(54)48-42(40)55/h4-6,8-12,24-25,28-30,35,40H,3,7,13-23,27H2,1-2H3,(H,48,54,55). The van der Waals surface area contributed by atoms with Gasteiger partial charge in [0, 0.05) is 93.7 Å². The fraction of sp³-hybridized carbons (Fsp3) is 0.467. The van der Waals surface area contributed by atoms with Crippen LogP contribution in [0.3, 0.4) is 0 Å². The number of hydrogen-bond donors (Lipinski definition) is 1. The molecule has 3 aromatic carbocycles. The van der Waals surface area contributed by atoms with Gasteiger partial charge < -0.3 is 19.4 Å². The number of nitrogens with zero attached hydrogens (tertiary/aromatic N) is 6. The van der Waals surface area contributed by atoms with E-state index in [1.807, 2.05) is 30.0 Å². The van der Waals surface area contributed by atoms with Crippen molar-refractivity contribution in [1.29, 1.82) is 5.26 Å². The van der Waals surface area contributed by atoms with Gasteiger partial charge in [0.15, 0.2) is 0 Å². The van der Waals surface area contributed by atoms with Crippen LogP contribution < -0.4 is 19.9 Å². The Morgan fingerprint density at radius 3 is 2.24 bits per heavy atom. The van der Waals surface area contributed by atoms with Gasteiger partial charge in [0.25, 0.3) is 17.7 Å². The summed E-state index contributed by atoms with van der Waals surface area (Å²) in [5.41, 5.74) is 3.73. The number of piperazine rings is 1. The lowest BCUT2D eigenvalue weighted by Crippen LogP contribution is -2.54. The Labute approximate surface area is 349 Å². The van der Waals surface area contributed by atoms with Gasteiger partial charge in [-0.3, -0.25) is 39.1 Å². The van der Waals surface area contributed by atoms with Crippen LogP contribution in [0.25, 0.3) is 0 Å². The number of ether oxygens (including phenoxy) is 1. The first-order valence-electron chi connectivity index (χ1n) is 20.8. The van der Waals surface area contributed by atoms with E-state index in [0.29, 0.717) is 45.4 Å². The highest BCUT2D eigenvalue weighted by Gasteiger charge is 2.45. The number of hydrogen-bond acceptors (Lipinski definition) is 10. The number of benzene rings is 3. The summed E-state index contributed by atoms with van der Waals surface area (Å²) in [6.07, 6.45) is 4.84. The van der Waals surface area contributed by atoms with Gasteiger partial charge in [-0.25, -0.2) is 0 Å². The first-order chi connectivity index (χ1) is 28.5. The van der Waals surface area contributed by atoms with Crippen LogP contribution in [0, 0.1) is 17.2 Å². The average molecular weight is 820 g/mol. The van der Waals surface area contributed by atoms with Gasteiger partial charge in [0.2, 0.25) is 11.8 Å². The van der Waals surface area contributed by atoms with Crippen LogP contribution in [0.2, 0.25) is 5.02 Å². The zero-order valence-corrected chi connectivity index (χ0v) is 34.3. The molecule has 4 saturated heterocycles. The van der Waals surface area contributed by atoms with Crippen LogP contribution in [-0.2, 0) is 9.59 Å². The van der Waals surface area contributed by atoms with Gasteiger partial charge in [-0.2, -0.15) is 5.26 Å². The van der Waals surface area contributed by atoms with E-state index < -0.39 is 29.7 Å². The number of anilines is 2. The zero-order chi connectivity index (χ0) is 41.4. The van der Waals surface area contributed by atoms with E-state index in [-0.39, 0.29) is 36.9 Å². The second-order valence-electron chi connectivity index (χ2n) is 16.7. The summed E-state index contributed by atoms with van der Waals surface area (Å²) >= 11 is 6.21. The molecule has 4 unspecified atom stereocenters. The summed E-state index contributed by atoms with van der Waals surface area (Å²) in [7, 11) is 0. The SMILES string of the molecule is CC(CC1CCC(C)N1C(=O)c1ccc(N2CCC(CN3CCN(c4ccc5c(c4)C(=O)N(C4CCC(=O)NC4=O)C5=O)CC3)CC2)cc1)Oc1ccc(C#N)c(Cl)c1. The van der Waals surface area contributed by atoms with Crippen LogP contribution in [0.5, 0.6) is 5.75 Å². The Morgan fingerprint density at radius 2 is 1.54 bits per heavy atom. The number of nitriles is 1. The maximum atomic E-state index is 13.9. The van der Waals surface area contributed by atoms with E-state index in [4.69, 9.17) is 16.3 Å². The number of halogens is 1. The van der Waals surface area contributed by atoms with E-state index in [2.05, 4.69) is 45.1 Å². The molecule has 0 aromatic heterocycles. The Balaban J connectivity index is 0.792. The molecule has 5 aliphatic rings. The Hall–Kier alpha value is -5.45. The summed E-state index contributed by atoms with van der Waals surface area (Å²) in [4.78, 5) is 74.6. The number of amides is 5. The molecule has 14 heteroatoms. The van der Waals surface area contributed by atoms with Crippen molar-refractivity contribution in [2.75, 3.05) is 55.6 Å². The third kappa shape index (κ3) is 8.38. The maximum absolute atomic E-state index is 13.9. The van der Waals surface area contributed by atoms with Crippen molar-refractivity contribution in [3.05, 3.63) is 87.9 Å². The number of imide groups is 2. The Morgan fingerprint density at radius 1 is 0.847 bits per heavy atom. The molecule has 0 radical (unpaired) electrons. The average Bonchev–Trinajstić information content (AvgIpc) is 3.72. The van der Waals surface area contributed by atoms with Crippen LogP contribution in [0.15, 0.2) is 60.7 Å². The number of carbonyl (C=O) groups is 5. The van der Waals surface area contributed by atoms with E-state index >= 15 is 0 Å². The monoisotopic (exact) mass is 819 g/mol. The minimum Gasteiger partial charge on any atom is -0.491 e. The molecule has 4 atom stereocenters. The largest absolute Gasteiger partial charge is 0.491 e. The van der Waals surface area contributed by atoms with Crippen molar-refractivity contribution in [2.24, 2.45) is 5.92 Å². The highest BCUT2D eigenvalue weighted by Crippen LogP contribution is 2.34. The van der Waals surface area contributed by atoms with E-state index in [0.717, 1.165) is 87.8 Å². The second kappa shape index (κ2) is 17.0. The van der Waals surface area contributed by atoms with Crippen molar-refractivity contribution in [2.45, 2.75) is 83.0 Å². The number of piperidine rings is 2. The first-order valence-corrected chi connectivity index (χ1v) is 21.2. The van der Waals surface area contributed by atoms with Crippen molar-refractivity contribution < 1.29 is 28.7 Å². The fourth-order valence-electron chi connectivity index (χ4n) is 9.54. The van der Waals surface area contributed by atoms with Gasteiger partial charge in [0.05, 0.1) is 27.8 Å². The van der Waals surface area contributed by atoms with Gasteiger partial charge in [-0.15, -0.1) is 0 Å². The van der Waals surface area contributed by atoms with Gasteiger partial charge in [0.1, 0.15) is 17.9 Å². The molecule has 1 N–H and O–H groups in total. The molecule has 5 aliphatic heterocycles. The normalized spacial score (nSPS) is 23.3. The van der Waals surface area contributed by atoms with Crippen molar-refractivity contribution in [3.8, 4) is 11.8 Å². The lowest BCUT2D eigenvalue weighted by atomic mass is 9.95. The number of carbonyl (C=O) groups excluding carboxylic acids is 5. The minimum absolute atomic E-state index is 0.0511. The zero-order valence-electron chi connectivity index (χ0n) is 33.6. The summed E-state index contributed by atoms with van der Waals surface area (Å²) in [5.74, 6) is -0.715. The van der Waals surface area contributed by atoms with Gasteiger partial charge in [-0.05, 0) is 106 Å². The van der Waals surface area contributed by atoms with Gasteiger partial charge >= 0.3 is 0 Å². The van der Waals surface area contributed by atoms with E-state index in [1.54, 1.807) is 30.3 Å². The Bertz CT molecular complexity index is 2180. The molecule has 0 bridgehead atoms. The molecule has 3 aromatic rings. The fourth-order valence-corrected chi connectivity index (χ4v) is 9.75. The Kier molecular flexibility index (Phi) is 11.6. The highest BCUT2D eigenvalue weighted by atomic mass is 35.5. The summed E-state index contributed by atoms with van der Waals surface area (Å²) < 4.78 is 6.14. The summed E-state index contributed by atoms with van der Waals surface area (Å²) in [6.45, 7) is 10.5. The number of likely N-dealkylation sites (tertiary alicyclic amines) is 1. The number of fused-ring (bicyclic) bond motifs is 1. The predicted octanol–water partition coefficient (Wildman–Crippen LogP) is 5.50. The topological polar surface area (TPSA) is 147 Å².